The number of ether oxygens (including phenoxy) is 1. The van der Waals surface area contributed by atoms with Crippen LogP contribution in [0.4, 0.5) is 16.2 Å². The van der Waals surface area contributed by atoms with Crippen molar-refractivity contribution in [3.05, 3.63) is 69.9 Å². The van der Waals surface area contributed by atoms with Crippen molar-refractivity contribution in [3.8, 4) is 11.1 Å². The third-order valence-electron chi connectivity index (χ3n) is 6.95. The molecule has 0 aliphatic heterocycles. The number of carbonyl (C=O) groups is 3. The molecule has 1 aliphatic rings. The number of rotatable bonds is 7. The number of amides is 3. The van der Waals surface area contributed by atoms with E-state index in [0.29, 0.717) is 5.69 Å². The van der Waals surface area contributed by atoms with Crippen LogP contribution in [-0.2, 0) is 9.53 Å². The number of methoxy groups -OCH3 is 1. The summed E-state index contributed by atoms with van der Waals surface area (Å²) < 4.78 is 5.02. The van der Waals surface area contributed by atoms with Crippen LogP contribution in [0.2, 0.25) is 0 Å². The molecule has 194 valence electrons. The van der Waals surface area contributed by atoms with Gasteiger partial charge in [0.2, 0.25) is 0 Å². The number of para-hydroxylation sites is 1. The SMILES string of the molecule is COC(=O)[C@@H](NC(=O)c1ccc(-c2ccsc2)cc1NC(=O)Nc1c(C)cccc1C)C1CCCCC1. The molecule has 0 unspecified atom stereocenters. The van der Waals surface area contributed by atoms with E-state index >= 15 is 0 Å². The van der Waals surface area contributed by atoms with Gasteiger partial charge >= 0.3 is 12.0 Å². The fraction of sp³-hybridized carbons (Fsp3) is 0.345. The highest BCUT2D eigenvalue weighted by molar-refractivity contribution is 7.08. The molecule has 1 aliphatic carbocycles. The van der Waals surface area contributed by atoms with Crippen LogP contribution < -0.4 is 16.0 Å². The highest BCUT2D eigenvalue weighted by Gasteiger charge is 2.32. The molecular formula is C29H33N3O4S. The molecule has 0 spiro atoms. The van der Waals surface area contributed by atoms with Gasteiger partial charge in [0.05, 0.1) is 18.4 Å². The molecule has 1 fully saturated rings. The maximum atomic E-state index is 13.5. The molecule has 1 heterocycles. The first-order chi connectivity index (χ1) is 17.9. The summed E-state index contributed by atoms with van der Waals surface area (Å²) in [7, 11) is 1.34. The van der Waals surface area contributed by atoms with Gasteiger partial charge in [0.15, 0.2) is 0 Å². The van der Waals surface area contributed by atoms with E-state index in [2.05, 4.69) is 16.0 Å². The van der Waals surface area contributed by atoms with Gasteiger partial charge in [0.1, 0.15) is 6.04 Å². The maximum absolute atomic E-state index is 13.5. The molecule has 3 N–H and O–H groups in total. The quantitative estimate of drug-likeness (QED) is 0.309. The zero-order chi connectivity index (χ0) is 26.4. The van der Waals surface area contributed by atoms with Gasteiger partial charge < -0.3 is 20.7 Å². The van der Waals surface area contributed by atoms with Crippen LogP contribution in [0, 0.1) is 19.8 Å². The molecule has 1 atom stereocenters. The first-order valence-electron chi connectivity index (χ1n) is 12.6. The number of thiophene rings is 1. The normalized spacial score (nSPS) is 14.5. The van der Waals surface area contributed by atoms with Crippen molar-refractivity contribution in [2.24, 2.45) is 5.92 Å². The highest BCUT2D eigenvalue weighted by Crippen LogP contribution is 2.30. The number of hydrogen-bond donors (Lipinski definition) is 3. The van der Waals surface area contributed by atoms with E-state index in [1.54, 1.807) is 23.5 Å². The van der Waals surface area contributed by atoms with Gasteiger partial charge in [0.25, 0.3) is 5.91 Å². The third-order valence-corrected chi connectivity index (χ3v) is 7.63. The Morgan fingerprint density at radius 2 is 1.68 bits per heavy atom. The van der Waals surface area contributed by atoms with E-state index in [1.165, 1.54) is 7.11 Å². The van der Waals surface area contributed by atoms with Crippen LogP contribution in [-0.4, -0.2) is 31.1 Å². The summed E-state index contributed by atoms with van der Waals surface area (Å²) in [4.78, 5) is 39.2. The molecule has 3 amide bonds. The van der Waals surface area contributed by atoms with Crippen LogP contribution in [0.5, 0.6) is 0 Å². The van der Waals surface area contributed by atoms with Crippen LogP contribution in [0.15, 0.2) is 53.2 Å². The van der Waals surface area contributed by atoms with Gasteiger partial charge in [-0.1, -0.05) is 43.5 Å². The number of nitrogens with one attached hydrogen (secondary N) is 3. The second-order valence-corrected chi connectivity index (χ2v) is 10.3. The average Bonchev–Trinajstić information content (AvgIpc) is 3.44. The van der Waals surface area contributed by atoms with Gasteiger partial charge in [-0.3, -0.25) is 4.79 Å². The Labute approximate surface area is 221 Å². The van der Waals surface area contributed by atoms with E-state index in [1.807, 2.05) is 54.9 Å². The molecule has 4 rings (SSSR count). The van der Waals surface area contributed by atoms with E-state index in [4.69, 9.17) is 4.74 Å². The second-order valence-electron chi connectivity index (χ2n) is 9.49. The highest BCUT2D eigenvalue weighted by atomic mass is 32.1. The lowest BCUT2D eigenvalue weighted by Gasteiger charge is -2.29. The van der Waals surface area contributed by atoms with Gasteiger partial charge in [-0.15, -0.1) is 0 Å². The van der Waals surface area contributed by atoms with Crippen molar-refractivity contribution >= 4 is 40.6 Å². The number of anilines is 2. The predicted molar refractivity (Wildman–Crippen MR) is 148 cm³/mol. The van der Waals surface area contributed by atoms with Crippen molar-refractivity contribution in [1.82, 2.24) is 5.32 Å². The summed E-state index contributed by atoms with van der Waals surface area (Å²) in [5, 5.41) is 12.7. The summed E-state index contributed by atoms with van der Waals surface area (Å²) in [6, 6.07) is 11.9. The number of hydrogen-bond acceptors (Lipinski definition) is 5. The lowest BCUT2D eigenvalue weighted by atomic mass is 9.83. The molecule has 0 bridgehead atoms. The summed E-state index contributed by atoms with van der Waals surface area (Å²) in [5.41, 5.74) is 5.10. The van der Waals surface area contributed by atoms with Gasteiger partial charge in [-0.2, -0.15) is 11.3 Å². The standard InChI is InChI=1S/C29H33N3O4S/c1-18-8-7-9-19(2)25(18)32-29(35)30-24-16-21(22-14-15-37-17-22)12-13-23(24)27(33)31-26(28(34)36-3)20-10-5-4-6-11-20/h7-9,12-17,20,26H,4-6,10-11H2,1-3H3,(H,31,33)(H2,30,32,35)/t26-/m0/s1. The minimum atomic E-state index is -0.731. The summed E-state index contributed by atoms with van der Waals surface area (Å²) in [6.07, 6.45) is 4.90. The summed E-state index contributed by atoms with van der Waals surface area (Å²) >= 11 is 1.57. The van der Waals surface area contributed by atoms with Crippen molar-refractivity contribution in [2.45, 2.75) is 52.0 Å². The van der Waals surface area contributed by atoms with Gasteiger partial charge in [-0.25, -0.2) is 9.59 Å². The molecule has 3 aromatic rings. The topological polar surface area (TPSA) is 96.5 Å². The first kappa shape index (κ1) is 26.4. The van der Waals surface area contributed by atoms with Crippen molar-refractivity contribution in [2.75, 3.05) is 17.7 Å². The van der Waals surface area contributed by atoms with Crippen LogP contribution in [0.1, 0.15) is 53.6 Å². The smallest absolute Gasteiger partial charge is 0.328 e. The average molecular weight is 520 g/mol. The number of urea groups is 1. The Hall–Kier alpha value is -3.65. The predicted octanol–water partition coefficient (Wildman–Crippen LogP) is 6.53. The first-order valence-corrected chi connectivity index (χ1v) is 13.5. The Balaban J connectivity index is 1.62. The van der Waals surface area contributed by atoms with Crippen molar-refractivity contribution in [3.63, 3.8) is 0 Å². The Kier molecular flexibility index (Phi) is 8.61. The number of aryl methyl sites for hydroxylation is 2. The third kappa shape index (κ3) is 6.38. The number of carbonyl (C=O) groups excluding carboxylic acids is 3. The summed E-state index contributed by atoms with van der Waals surface area (Å²) in [5.74, 6) is -0.850. The van der Waals surface area contributed by atoms with E-state index in [0.717, 1.165) is 60.0 Å². The summed E-state index contributed by atoms with van der Waals surface area (Å²) in [6.45, 7) is 3.85. The minimum absolute atomic E-state index is 0.0268. The molecule has 37 heavy (non-hydrogen) atoms. The van der Waals surface area contributed by atoms with Crippen LogP contribution in [0.25, 0.3) is 11.1 Å². The Bertz CT molecular complexity index is 1250. The number of benzene rings is 2. The lowest BCUT2D eigenvalue weighted by molar-refractivity contribution is -0.144. The lowest BCUT2D eigenvalue weighted by Crippen LogP contribution is -2.47. The largest absolute Gasteiger partial charge is 0.467 e. The zero-order valence-electron chi connectivity index (χ0n) is 21.4. The van der Waals surface area contributed by atoms with Crippen LogP contribution in [0.3, 0.4) is 0 Å². The molecule has 8 heteroatoms. The fourth-order valence-corrected chi connectivity index (χ4v) is 5.58. The van der Waals surface area contributed by atoms with Crippen molar-refractivity contribution < 1.29 is 19.1 Å². The second kappa shape index (κ2) is 12.1. The molecule has 1 aromatic heterocycles. The molecule has 0 saturated heterocycles. The minimum Gasteiger partial charge on any atom is -0.467 e. The maximum Gasteiger partial charge on any atom is 0.328 e. The van der Waals surface area contributed by atoms with Gasteiger partial charge in [-0.05, 0) is 83.8 Å². The van der Waals surface area contributed by atoms with Crippen LogP contribution >= 0.6 is 11.3 Å². The molecule has 1 saturated carbocycles. The zero-order valence-corrected chi connectivity index (χ0v) is 22.2. The fourth-order valence-electron chi connectivity index (χ4n) is 4.92. The van der Waals surface area contributed by atoms with E-state index < -0.39 is 23.9 Å². The monoisotopic (exact) mass is 519 g/mol. The molecule has 7 nitrogen and oxygen atoms in total. The Morgan fingerprint density at radius 1 is 0.946 bits per heavy atom. The van der Waals surface area contributed by atoms with Gasteiger partial charge in [0, 0.05) is 5.69 Å². The molecular weight excluding hydrogens is 486 g/mol. The molecule has 0 radical (unpaired) electrons. The molecule has 2 aromatic carbocycles. The van der Waals surface area contributed by atoms with E-state index in [9.17, 15) is 14.4 Å². The van der Waals surface area contributed by atoms with Crippen molar-refractivity contribution in [1.29, 1.82) is 0 Å². The Morgan fingerprint density at radius 3 is 2.32 bits per heavy atom. The number of esters is 1. The van der Waals surface area contributed by atoms with E-state index in [-0.39, 0.29) is 11.5 Å².